The summed E-state index contributed by atoms with van der Waals surface area (Å²) >= 11 is 3.52. The monoisotopic (exact) mass is 397 g/mol. The molecule has 1 fully saturated rings. The van der Waals surface area contributed by atoms with Gasteiger partial charge in [-0.05, 0) is 55.6 Å². The molecule has 130 valence electrons. The Morgan fingerprint density at radius 1 is 1.13 bits per heavy atom. The van der Waals surface area contributed by atoms with Crippen molar-refractivity contribution in [2.75, 3.05) is 13.1 Å². The number of likely N-dealkylation sites (tertiary alicyclic amines) is 1. The molecule has 2 rings (SSSR count). The first-order valence-corrected chi connectivity index (χ1v) is 12.5. The lowest BCUT2D eigenvalue weighted by Gasteiger charge is -2.43. The molecule has 1 aliphatic rings. The number of rotatable bonds is 4. The highest BCUT2D eigenvalue weighted by Crippen LogP contribution is 2.38. The molecule has 0 N–H and O–H groups in total. The van der Waals surface area contributed by atoms with E-state index in [1.54, 1.807) is 0 Å². The second-order valence-electron chi connectivity index (χ2n) is 8.34. The van der Waals surface area contributed by atoms with Gasteiger partial charge in [0.1, 0.15) is 0 Å². The van der Waals surface area contributed by atoms with Crippen molar-refractivity contribution in [3.63, 3.8) is 0 Å². The highest BCUT2D eigenvalue weighted by atomic mass is 79.9. The van der Waals surface area contributed by atoms with Crippen LogP contribution in [0.5, 0.6) is 0 Å². The Bertz CT molecular complexity index is 501. The summed E-state index contributed by atoms with van der Waals surface area (Å²) in [5, 5.41) is 0.300. The maximum Gasteiger partial charge on any atom is 0.192 e. The molecular weight excluding hydrogens is 366 g/mol. The van der Waals surface area contributed by atoms with Crippen LogP contribution in [0.2, 0.25) is 18.1 Å². The molecule has 0 aromatic heterocycles. The van der Waals surface area contributed by atoms with Gasteiger partial charge in [0.05, 0.1) is 0 Å². The highest BCUT2D eigenvalue weighted by molar-refractivity contribution is 9.10. The Morgan fingerprint density at radius 2 is 1.65 bits per heavy atom. The quantitative estimate of drug-likeness (QED) is 0.577. The average molecular weight is 398 g/mol. The normalized spacial score (nSPS) is 19.8. The van der Waals surface area contributed by atoms with Crippen LogP contribution in [0, 0.1) is 0 Å². The van der Waals surface area contributed by atoms with Gasteiger partial charge in [0.2, 0.25) is 0 Å². The smallest absolute Gasteiger partial charge is 0.192 e. The predicted molar refractivity (Wildman–Crippen MR) is 105 cm³/mol. The fraction of sp³-hybridized carbons (Fsp3) is 0.684. The number of benzene rings is 1. The number of hydrogen-bond acceptors (Lipinski definition) is 2. The van der Waals surface area contributed by atoms with Crippen LogP contribution < -0.4 is 0 Å². The van der Waals surface area contributed by atoms with Crippen molar-refractivity contribution in [2.45, 2.75) is 70.8 Å². The largest absolute Gasteiger partial charge is 0.414 e. The third-order valence-electron chi connectivity index (χ3n) is 5.64. The average Bonchev–Trinajstić information content (AvgIpc) is 2.46. The molecule has 0 saturated carbocycles. The second kappa shape index (κ2) is 7.38. The molecule has 1 aromatic carbocycles. The summed E-state index contributed by atoms with van der Waals surface area (Å²) in [5.74, 6) is 0. The molecule has 1 atom stereocenters. The molecule has 1 saturated heterocycles. The standard InChI is InChI=1S/C19H32BrNOSi/c1-15(16-7-9-17(20)10-8-16)21-13-11-18(12-14-21)22-23(5,6)19(2,3)4/h7-10,15,18H,11-14H2,1-6H3/t15-/m1/s1. The molecule has 1 aromatic rings. The van der Waals surface area contributed by atoms with E-state index in [-0.39, 0.29) is 0 Å². The van der Waals surface area contributed by atoms with Gasteiger partial charge in [-0.25, -0.2) is 0 Å². The zero-order valence-electron chi connectivity index (χ0n) is 15.5. The molecule has 4 heteroatoms. The van der Waals surface area contributed by atoms with Crippen molar-refractivity contribution >= 4 is 24.2 Å². The molecule has 0 aliphatic carbocycles. The van der Waals surface area contributed by atoms with E-state index in [2.05, 4.69) is 85.9 Å². The van der Waals surface area contributed by atoms with E-state index in [0.717, 1.165) is 30.4 Å². The van der Waals surface area contributed by atoms with Crippen LogP contribution in [0.25, 0.3) is 0 Å². The number of nitrogens with zero attached hydrogens (tertiary/aromatic N) is 1. The van der Waals surface area contributed by atoms with Crippen LogP contribution in [0.1, 0.15) is 52.1 Å². The highest BCUT2D eigenvalue weighted by Gasteiger charge is 2.39. The van der Waals surface area contributed by atoms with E-state index in [9.17, 15) is 0 Å². The van der Waals surface area contributed by atoms with Gasteiger partial charge < -0.3 is 4.43 Å². The summed E-state index contributed by atoms with van der Waals surface area (Å²) in [7, 11) is -1.64. The summed E-state index contributed by atoms with van der Waals surface area (Å²) < 4.78 is 7.75. The van der Waals surface area contributed by atoms with E-state index >= 15 is 0 Å². The van der Waals surface area contributed by atoms with Crippen LogP contribution in [-0.4, -0.2) is 32.4 Å². The van der Waals surface area contributed by atoms with E-state index in [0.29, 0.717) is 17.2 Å². The maximum atomic E-state index is 6.60. The van der Waals surface area contributed by atoms with Crippen molar-refractivity contribution in [1.82, 2.24) is 4.90 Å². The van der Waals surface area contributed by atoms with Crippen molar-refractivity contribution in [2.24, 2.45) is 0 Å². The molecule has 1 aliphatic heterocycles. The molecule has 23 heavy (non-hydrogen) atoms. The molecular formula is C19H32BrNOSi. The summed E-state index contributed by atoms with van der Waals surface area (Å²) in [5.41, 5.74) is 1.40. The van der Waals surface area contributed by atoms with E-state index in [1.165, 1.54) is 5.56 Å². The fourth-order valence-corrected chi connectivity index (χ4v) is 4.61. The first-order valence-electron chi connectivity index (χ1n) is 8.77. The molecule has 0 amide bonds. The minimum absolute atomic E-state index is 0.300. The number of piperidine rings is 1. The van der Waals surface area contributed by atoms with Crippen LogP contribution in [0.3, 0.4) is 0 Å². The second-order valence-corrected chi connectivity index (χ2v) is 14.0. The molecule has 0 bridgehead atoms. The Morgan fingerprint density at radius 3 is 2.13 bits per heavy atom. The van der Waals surface area contributed by atoms with E-state index < -0.39 is 8.32 Å². The molecule has 0 unspecified atom stereocenters. The summed E-state index contributed by atoms with van der Waals surface area (Å²) in [4.78, 5) is 2.59. The zero-order chi connectivity index (χ0) is 17.3. The van der Waals surface area contributed by atoms with E-state index in [4.69, 9.17) is 4.43 Å². The van der Waals surface area contributed by atoms with E-state index in [1.807, 2.05) is 0 Å². The topological polar surface area (TPSA) is 12.5 Å². The van der Waals surface area contributed by atoms with Gasteiger partial charge in [-0.1, -0.05) is 48.8 Å². The van der Waals surface area contributed by atoms with Gasteiger partial charge in [-0.15, -0.1) is 0 Å². The molecule has 0 spiro atoms. The zero-order valence-corrected chi connectivity index (χ0v) is 18.1. The minimum Gasteiger partial charge on any atom is -0.414 e. The van der Waals surface area contributed by atoms with Crippen molar-refractivity contribution in [3.05, 3.63) is 34.3 Å². The van der Waals surface area contributed by atoms with Crippen molar-refractivity contribution in [1.29, 1.82) is 0 Å². The molecule has 0 radical (unpaired) electrons. The fourth-order valence-electron chi connectivity index (χ4n) is 2.93. The van der Waals surface area contributed by atoms with Gasteiger partial charge in [0.15, 0.2) is 8.32 Å². The lowest BCUT2D eigenvalue weighted by Crippen LogP contribution is -2.47. The SMILES string of the molecule is C[C@H](c1ccc(Br)cc1)N1CCC(O[Si](C)(C)C(C)(C)C)CC1. The van der Waals surface area contributed by atoms with Crippen LogP contribution in [0.15, 0.2) is 28.7 Å². The van der Waals surface area contributed by atoms with Gasteiger partial charge in [-0.3, -0.25) is 4.90 Å². The third kappa shape index (κ3) is 4.91. The Labute approximate surface area is 151 Å². The van der Waals surface area contributed by atoms with Gasteiger partial charge in [0.25, 0.3) is 0 Å². The van der Waals surface area contributed by atoms with Crippen LogP contribution in [-0.2, 0) is 4.43 Å². The van der Waals surface area contributed by atoms with Crippen LogP contribution in [0.4, 0.5) is 0 Å². The molecule has 1 heterocycles. The Hall–Kier alpha value is -0.163. The summed E-state index contributed by atoms with van der Waals surface area (Å²) in [6, 6.07) is 9.22. The lowest BCUT2D eigenvalue weighted by molar-refractivity contribution is 0.0709. The first kappa shape index (κ1) is 19.2. The van der Waals surface area contributed by atoms with Gasteiger partial charge in [-0.2, -0.15) is 0 Å². The van der Waals surface area contributed by atoms with Gasteiger partial charge in [0, 0.05) is 29.7 Å². The third-order valence-corrected chi connectivity index (χ3v) is 10.7. The predicted octanol–water partition coefficient (Wildman–Crippen LogP) is 6.00. The Balaban J connectivity index is 1.90. The maximum absolute atomic E-state index is 6.60. The Kier molecular flexibility index (Phi) is 6.15. The minimum atomic E-state index is -1.64. The van der Waals surface area contributed by atoms with Crippen molar-refractivity contribution < 1.29 is 4.43 Å². The summed E-state index contributed by atoms with van der Waals surface area (Å²) in [6.45, 7) is 16.3. The molecule has 2 nitrogen and oxygen atoms in total. The van der Waals surface area contributed by atoms with Gasteiger partial charge >= 0.3 is 0 Å². The summed E-state index contributed by atoms with van der Waals surface area (Å²) in [6.07, 6.45) is 2.77. The lowest BCUT2D eigenvalue weighted by atomic mass is 10.0. The first-order chi connectivity index (χ1) is 10.6. The van der Waals surface area contributed by atoms with Crippen molar-refractivity contribution in [3.8, 4) is 0 Å². The van der Waals surface area contributed by atoms with Crippen LogP contribution >= 0.6 is 15.9 Å². The number of hydrogen-bond donors (Lipinski definition) is 0. The number of halogens is 1.